The van der Waals surface area contributed by atoms with Crippen LogP contribution < -0.4 is 4.90 Å². The van der Waals surface area contributed by atoms with Crippen molar-refractivity contribution in [3.05, 3.63) is 152 Å². The molecule has 1 nitrogen and oxygen atoms in total. The van der Waals surface area contributed by atoms with Crippen LogP contribution in [0.25, 0.3) is 63.6 Å². The highest BCUT2D eigenvalue weighted by Crippen LogP contribution is 2.48. The summed E-state index contributed by atoms with van der Waals surface area (Å²) in [6.07, 6.45) is 0. The second-order valence-electron chi connectivity index (χ2n) is 10.9. The van der Waals surface area contributed by atoms with Gasteiger partial charge in [0.05, 0.1) is 16.1 Å². The SMILES string of the molecule is c1ccc(-c2ccc(N(c3ccc4ccc5cccc6ccc3c4c56)c3cccc4c3sc3ccccc34)cc2)cc1. The molecule has 1 heterocycles. The Labute approximate surface area is 247 Å². The summed E-state index contributed by atoms with van der Waals surface area (Å²) >= 11 is 1.88. The summed E-state index contributed by atoms with van der Waals surface area (Å²) in [6, 6.07) is 55.5. The van der Waals surface area contributed by atoms with Crippen molar-refractivity contribution in [2.45, 2.75) is 0 Å². The maximum absolute atomic E-state index is 2.47. The predicted octanol–water partition coefficient (Wildman–Crippen LogP) is 12.1. The quantitative estimate of drug-likeness (QED) is 0.197. The van der Waals surface area contributed by atoms with E-state index in [0.717, 1.165) is 5.69 Å². The molecule has 0 saturated carbocycles. The monoisotopic (exact) mass is 551 g/mol. The maximum Gasteiger partial charge on any atom is 0.0640 e. The van der Waals surface area contributed by atoms with Crippen LogP contribution in [0.3, 0.4) is 0 Å². The van der Waals surface area contributed by atoms with E-state index in [1.807, 2.05) is 11.3 Å². The summed E-state index contributed by atoms with van der Waals surface area (Å²) in [5.41, 5.74) is 5.99. The van der Waals surface area contributed by atoms with Gasteiger partial charge >= 0.3 is 0 Å². The molecule has 0 aliphatic heterocycles. The molecular formula is C40H25NS. The first-order valence-corrected chi connectivity index (χ1v) is 15.2. The molecule has 0 fully saturated rings. The molecule has 1 aromatic heterocycles. The molecule has 0 unspecified atom stereocenters. The first-order valence-electron chi connectivity index (χ1n) is 14.4. The van der Waals surface area contributed by atoms with Crippen molar-refractivity contribution < 1.29 is 0 Å². The van der Waals surface area contributed by atoms with Crippen LogP contribution in [0.5, 0.6) is 0 Å². The van der Waals surface area contributed by atoms with E-state index in [1.54, 1.807) is 0 Å². The minimum atomic E-state index is 1.15. The smallest absolute Gasteiger partial charge is 0.0640 e. The lowest BCUT2D eigenvalue weighted by molar-refractivity contribution is 1.32. The molecule has 2 heteroatoms. The molecule has 42 heavy (non-hydrogen) atoms. The normalized spacial score (nSPS) is 11.8. The Morgan fingerprint density at radius 1 is 0.381 bits per heavy atom. The van der Waals surface area contributed by atoms with Crippen LogP contribution in [-0.2, 0) is 0 Å². The third kappa shape index (κ3) is 3.49. The highest BCUT2D eigenvalue weighted by Gasteiger charge is 2.21. The molecule has 0 aliphatic carbocycles. The predicted molar refractivity (Wildman–Crippen MR) is 183 cm³/mol. The van der Waals surface area contributed by atoms with Gasteiger partial charge in [-0.25, -0.2) is 0 Å². The molecule has 0 amide bonds. The summed E-state index contributed by atoms with van der Waals surface area (Å²) in [5.74, 6) is 0. The van der Waals surface area contributed by atoms with Crippen LogP contribution in [0.2, 0.25) is 0 Å². The zero-order chi connectivity index (χ0) is 27.6. The van der Waals surface area contributed by atoms with Crippen molar-refractivity contribution in [1.82, 2.24) is 0 Å². The average molecular weight is 552 g/mol. The van der Waals surface area contributed by atoms with E-state index in [1.165, 1.54) is 75.0 Å². The lowest BCUT2D eigenvalue weighted by Gasteiger charge is -2.28. The number of rotatable bonds is 4. The summed E-state index contributed by atoms with van der Waals surface area (Å²) < 4.78 is 2.62. The summed E-state index contributed by atoms with van der Waals surface area (Å²) in [5, 5.41) is 10.4. The number of anilines is 3. The molecular weight excluding hydrogens is 527 g/mol. The van der Waals surface area contributed by atoms with Crippen LogP contribution in [0.4, 0.5) is 17.1 Å². The Balaban J connectivity index is 1.35. The fraction of sp³-hybridized carbons (Fsp3) is 0. The number of nitrogens with zero attached hydrogens (tertiary/aromatic N) is 1. The van der Waals surface area contributed by atoms with Crippen LogP contribution in [0, 0.1) is 0 Å². The van der Waals surface area contributed by atoms with E-state index in [4.69, 9.17) is 0 Å². The summed E-state index contributed by atoms with van der Waals surface area (Å²) in [7, 11) is 0. The van der Waals surface area contributed by atoms with Gasteiger partial charge in [0.25, 0.3) is 0 Å². The zero-order valence-corrected chi connectivity index (χ0v) is 23.6. The minimum absolute atomic E-state index is 1.15. The van der Waals surface area contributed by atoms with Crippen LogP contribution >= 0.6 is 11.3 Å². The van der Waals surface area contributed by atoms with Gasteiger partial charge in [-0.2, -0.15) is 0 Å². The van der Waals surface area contributed by atoms with E-state index in [2.05, 4.69) is 157 Å². The Morgan fingerprint density at radius 2 is 1.02 bits per heavy atom. The highest BCUT2D eigenvalue weighted by molar-refractivity contribution is 7.26. The molecule has 9 aromatic rings. The Bertz CT molecular complexity index is 2380. The van der Waals surface area contributed by atoms with Crippen molar-refractivity contribution in [3.8, 4) is 11.1 Å². The van der Waals surface area contributed by atoms with E-state index < -0.39 is 0 Å². The fourth-order valence-electron chi connectivity index (χ4n) is 6.66. The van der Waals surface area contributed by atoms with Gasteiger partial charge in [-0.05, 0) is 68.4 Å². The van der Waals surface area contributed by atoms with Crippen molar-refractivity contribution >= 4 is 80.9 Å². The zero-order valence-electron chi connectivity index (χ0n) is 22.8. The Hall–Kier alpha value is -5.18. The lowest BCUT2D eigenvalue weighted by atomic mass is 9.93. The highest BCUT2D eigenvalue weighted by atomic mass is 32.1. The van der Waals surface area contributed by atoms with Crippen molar-refractivity contribution in [3.63, 3.8) is 0 Å². The fourth-order valence-corrected chi connectivity index (χ4v) is 7.87. The van der Waals surface area contributed by atoms with Gasteiger partial charge in [0.1, 0.15) is 0 Å². The summed E-state index contributed by atoms with van der Waals surface area (Å²) in [6.45, 7) is 0. The molecule has 0 aliphatic rings. The Morgan fingerprint density at radius 3 is 1.86 bits per heavy atom. The average Bonchev–Trinajstić information content (AvgIpc) is 3.45. The topological polar surface area (TPSA) is 3.24 Å². The van der Waals surface area contributed by atoms with Gasteiger partial charge in [0.2, 0.25) is 0 Å². The van der Waals surface area contributed by atoms with Gasteiger partial charge in [0, 0.05) is 26.5 Å². The molecule has 0 spiro atoms. The van der Waals surface area contributed by atoms with E-state index >= 15 is 0 Å². The molecule has 0 radical (unpaired) electrons. The second kappa shape index (κ2) is 9.17. The third-order valence-corrected chi connectivity index (χ3v) is 9.81. The van der Waals surface area contributed by atoms with Crippen molar-refractivity contribution in [1.29, 1.82) is 0 Å². The standard InChI is InChI=1S/C40H25NS/c1-2-8-26(9-3-1)27-18-22-31(23-19-27)41(36-14-7-13-33-32-12-4-5-15-37(32)42-40(33)36)35-25-21-30-17-16-28-10-6-11-29-20-24-34(35)39(30)38(28)29/h1-25H. The number of fused-ring (bicyclic) bond motifs is 3. The van der Waals surface area contributed by atoms with Gasteiger partial charge in [-0.15, -0.1) is 11.3 Å². The van der Waals surface area contributed by atoms with Crippen LogP contribution in [0.1, 0.15) is 0 Å². The van der Waals surface area contributed by atoms with Gasteiger partial charge in [-0.1, -0.05) is 121 Å². The number of hydrogen-bond donors (Lipinski definition) is 0. The Kier molecular flexibility index (Phi) is 5.13. The molecule has 0 bridgehead atoms. The third-order valence-electron chi connectivity index (χ3n) is 8.60. The largest absolute Gasteiger partial charge is 0.308 e. The first-order chi connectivity index (χ1) is 20.8. The molecule has 9 rings (SSSR count). The maximum atomic E-state index is 2.47. The molecule has 0 N–H and O–H groups in total. The second-order valence-corrected chi connectivity index (χ2v) is 12.0. The number of thiophene rings is 1. The molecule has 0 atom stereocenters. The van der Waals surface area contributed by atoms with Crippen molar-refractivity contribution in [2.24, 2.45) is 0 Å². The number of benzene rings is 8. The lowest BCUT2D eigenvalue weighted by Crippen LogP contribution is -2.10. The number of hydrogen-bond acceptors (Lipinski definition) is 2. The van der Waals surface area contributed by atoms with Gasteiger partial charge < -0.3 is 4.90 Å². The summed E-state index contributed by atoms with van der Waals surface area (Å²) in [4.78, 5) is 2.47. The van der Waals surface area contributed by atoms with E-state index in [9.17, 15) is 0 Å². The van der Waals surface area contributed by atoms with Crippen LogP contribution in [-0.4, -0.2) is 0 Å². The molecule has 8 aromatic carbocycles. The van der Waals surface area contributed by atoms with Gasteiger partial charge in [0.15, 0.2) is 0 Å². The van der Waals surface area contributed by atoms with E-state index in [-0.39, 0.29) is 0 Å². The van der Waals surface area contributed by atoms with Crippen molar-refractivity contribution in [2.75, 3.05) is 4.90 Å². The molecule has 196 valence electrons. The van der Waals surface area contributed by atoms with E-state index in [0.29, 0.717) is 0 Å². The molecule has 0 saturated heterocycles. The van der Waals surface area contributed by atoms with Crippen LogP contribution in [0.15, 0.2) is 152 Å². The van der Waals surface area contributed by atoms with Gasteiger partial charge in [-0.3, -0.25) is 0 Å². The minimum Gasteiger partial charge on any atom is -0.308 e. The first kappa shape index (κ1) is 23.5.